The van der Waals surface area contributed by atoms with Crippen LogP contribution in [0.5, 0.6) is 0 Å². The molecular formula is C10H16N2O2. The molecule has 0 unspecified atom stereocenters. The maximum absolute atomic E-state index is 11.4. The SMILES string of the molecule is CC(C)OCC(=O)Cc1nccn1C. The van der Waals surface area contributed by atoms with E-state index in [1.165, 1.54) is 0 Å². The summed E-state index contributed by atoms with van der Waals surface area (Å²) in [7, 11) is 1.87. The molecular weight excluding hydrogens is 180 g/mol. The Morgan fingerprint density at radius 3 is 2.86 bits per heavy atom. The van der Waals surface area contributed by atoms with Crippen LogP contribution in [0.25, 0.3) is 0 Å². The van der Waals surface area contributed by atoms with E-state index in [-0.39, 0.29) is 18.5 Å². The molecule has 0 atom stereocenters. The Morgan fingerprint density at radius 2 is 2.36 bits per heavy atom. The molecule has 1 heterocycles. The van der Waals surface area contributed by atoms with Crippen LogP contribution in [0.3, 0.4) is 0 Å². The first kappa shape index (κ1) is 10.9. The van der Waals surface area contributed by atoms with E-state index >= 15 is 0 Å². The molecule has 4 nitrogen and oxygen atoms in total. The Labute approximate surface area is 83.9 Å². The number of aryl methyl sites for hydroxylation is 1. The van der Waals surface area contributed by atoms with E-state index in [0.29, 0.717) is 6.42 Å². The standard InChI is InChI=1S/C10H16N2O2/c1-8(2)14-7-9(13)6-10-11-4-5-12(10)3/h4-5,8H,6-7H2,1-3H3. The van der Waals surface area contributed by atoms with Crippen LogP contribution in [0.4, 0.5) is 0 Å². The van der Waals surface area contributed by atoms with Gasteiger partial charge in [0.05, 0.1) is 12.5 Å². The van der Waals surface area contributed by atoms with E-state index in [1.54, 1.807) is 6.20 Å². The summed E-state index contributed by atoms with van der Waals surface area (Å²) in [4.78, 5) is 15.5. The number of hydrogen-bond donors (Lipinski definition) is 0. The van der Waals surface area contributed by atoms with E-state index in [9.17, 15) is 4.79 Å². The number of imidazole rings is 1. The lowest BCUT2D eigenvalue weighted by atomic mass is 10.3. The number of rotatable bonds is 5. The van der Waals surface area contributed by atoms with Crippen LogP contribution in [0.2, 0.25) is 0 Å². The van der Waals surface area contributed by atoms with Crippen molar-refractivity contribution in [3.8, 4) is 0 Å². The molecule has 0 fully saturated rings. The Morgan fingerprint density at radius 1 is 1.64 bits per heavy atom. The molecule has 0 bridgehead atoms. The number of carbonyl (C=O) groups is 1. The van der Waals surface area contributed by atoms with Gasteiger partial charge in [0.15, 0.2) is 5.78 Å². The minimum absolute atomic E-state index is 0.0630. The Hall–Kier alpha value is -1.16. The number of Topliss-reactive ketones (excluding diaryl/α,β-unsaturated/α-hetero) is 1. The number of hydrogen-bond acceptors (Lipinski definition) is 3. The van der Waals surface area contributed by atoms with Crippen LogP contribution in [-0.2, 0) is 23.0 Å². The Balaban J connectivity index is 2.38. The van der Waals surface area contributed by atoms with E-state index < -0.39 is 0 Å². The zero-order chi connectivity index (χ0) is 10.6. The summed E-state index contributed by atoms with van der Waals surface area (Å²) in [5.41, 5.74) is 0. The summed E-state index contributed by atoms with van der Waals surface area (Å²) in [6.07, 6.45) is 3.95. The molecule has 0 aliphatic heterocycles. The zero-order valence-corrected chi connectivity index (χ0v) is 8.86. The molecule has 78 valence electrons. The molecule has 0 radical (unpaired) electrons. The first-order valence-corrected chi connectivity index (χ1v) is 4.69. The second-order valence-electron chi connectivity index (χ2n) is 3.53. The van der Waals surface area contributed by atoms with Gasteiger partial charge in [-0.1, -0.05) is 0 Å². The largest absolute Gasteiger partial charge is 0.371 e. The van der Waals surface area contributed by atoms with Crippen LogP contribution in [0, 0.1) is 0 Å². The molecule has 0 amide bonds. The summed E-state index contributed by atoms with van der Waals surface area (Å²) < 4.78 is 7.05. The quantitative estimate of drug-likeness (QED) is 0.704. The minimum Gasteiger partial charge on any atom is -0.371 e. The average Bonchev–Trinajstić information content (AvgIpc) is 2.49. The predicted octanol–water partition coefficient (Wildman–Crippen LogP) is 0.957. The van der Waals surface area contributed by atoms with Gasteiger partial charge in [-0.2, -0.15) is 0 Å². The molecule has 0 saturated heterocycles. The maximum Gasteiger partial charge on any atom is 0.165 e. The van der Waals surface area contributed by atoms with Crippen LogP contribution in [0.1, 0.15) is 19.7 Å². The minimum atomic E-state index is 0.0630. The smallest absolute Gasteiger partial charge is 0.165 e. The summed E-state index contributed by atoms with van der Waals surface area (Å²) in [6.45, 7) is 3.99. The Kier molecular flexibility index (Phi) is 3.83. The van der Waals surface area contributed by atoms with E-state index in [4.69, 9.17) is 4.74 Å². The maximum atomic E-state index is 11.4. The van der Waals surface area contributed by atoms with Crippen molar-refractivity contribution in [2.45, 2.75) is 26.4 Å². The van der Waals surface area contributed by atoms with Gasteiger partial charge in [-0.05, 0) is 13.8 Å². The van der Waals surface area contributed by atoms with Gasteiger partial charge in [0.25, 0.3) is 0 Å². The van der Waals surface area contributed by atoms with Crippen molar-refractivity contribution in [1.29, 1.82) is 0 Å². The van der Waals surface area contributed by atoms with Crippen molar-refractivity contribution >= 4 is 5.78 Å². The van der Waals surface area contributed by atoms with E-state index in [1.807, 2.05) is 31.7 Å². The van der Waals surface area contributed by atoms with Gasteiger partial charge in [-0.15, -0.1) is 0 Å². The summed E-state index contributed by atoms with van der Waals surface area (Å²) in [6, 6.07) is 0. The lowest BCUT2D eigenvalue weighted by Crippen LogP contribution is -2.16. The molecule has 0 spiro atoms. The number of nitrogens with zero attached hydrogens (tertiary/aromatic N) is 2. The highest BCUT2D eigenvalue weighted by Crippen LogP contribution is 1.97. The van der Waals surface area contributed by atoms with Gasteiger partial charge in [0, 0.05) is 19.4 Å². The molecule has 0 saturated carbocycles. The van der Waals surface area contributed by atoms with E-state index in [2.05, 4.69) is 4.98 Å². The van der Waals surface area contributed by atoms with Crippen LogP contribution >= 0.6 is 0 Å². The lowest BCUT2D eigenvalue weighted by Gasteiger charge is -2.06. The molecule has 1 aromatic rings. The molecule has 0 N–H and O–H groups in total. The van der Waals surface area contributed by atoms with Crippen molar-refractivity contribution in [2.24, 2.45) is 7.05 Å². The molecule has 0 aliphatic rings. The van der Waals surface area contributed by atoms with Gasteiger partial charge in [0.2, 0.25) is 0 Å². The molecule has 4 heteroatoms. The van der Waals surface area contributed by atoms with Gasteiger partial charge in [0.1, 0.15) is 12.4 Å². The van der Waals surface area contributed by atoms with Gasteiger partial charge >= 0.3 is 0 Å². The first-order chi connectivity index (χ1) is 6.59. The van der Waals surface area contributed by atoms with E-state index in [0.717, 1.165) is 5.82 Å². The number of carbonyl (C=O) groups excluding carboxylic acids is 1. The molecule has 1 rings (SSSR count). The third-order valence-corrected chi connectivity index (χ3v) is 1.85. The zero-order valence-electron chi connectivity index (χ0n) is 8.86. The number of aromatic nitrogens is 2. The lowest BCUT2D eigenvalue weighted by molar-refractivity contribution is -0.124. The highest BCUT2D eigenvalue weighted by atomic mass is 16.5. The molecule has 1 aromatic heterocycles. The fourth-order valence-electron chi connectivity index (χ4n) is 1.05. The molecule has 14 heavy (non-hydrogen) atoms. The Bertz CT molecular complexity index is 305. The van der Waals surface area contributed by atoms with Crippen molar-refractivity contribution < 1.29 is 9.53 Å². The summed E-state index contributed by atoms with van der Waals surface area (Å²) >= 11 is 0. The molecule has 0 aliphatic carbocycles. The second-order valence-corrected chi connectivity index (χ2v) is 3.53. The van der Waals surface area contributed by atoms with Crippen LogP contribution in [0.15, 0.2) is 12.4 Å². The van der Waals surface area contributed by atoms with Gasteiger partial charge in [-0.3, -0.25) is 4.79 Å². The highest BCUT2D eigenvalue weighted by molar-refractivity contribution is 5.81. The monoisotopic (exact) mass is 196 g/mol. The van der Waals surface area contributed by atoms with Crippen LogP contribution in [-0.4, -0.2) is 28.0 Å². The normalized spacial score (nSPS) is 10.9. The van der Waals surface area contributed by atoms with Crippen molar-refractivity contribution in [3.05, 3.63) is 18.2 Å². The number of ketones is 1. The number of ether oxygens (including phenoxy) is 1. The third-order valence-electron chi connectivity index (χ3n) is 1.85. The average molecular weight is 196 g/mol. The van der Waals surface area contributed by atoms with Gasteiger partial charge < -0.3 is 9.30 Å². The van der Waals surface area contributed by atoms with Crippen LogP contribution < -0.4 is 0 Å². The predicted molar refractivity (Wildman–Crippen MR) is 53.0 cm³/mol. The first-order valence-electron chi connectivity index (χ1n) is 4.69. The summed E-state index contributed by atoms with van der Waals surface area (Å²) in [5.74, 6) is 0.843. The third kappa shape index (κ3) is 3.30. The van der Waals surface area contributed by atoms with Crippen molar-refractivity contribution in [2.75, 3.05) is 6.61 Å². The fourth-order valence-corrected chi connectivity index (χ4v) is 1.05. The topological polar surface area (TPSA) is 44.1 Å². The summed E-state index contributed by atoms with van der Waals surface area (Å²) in [5, 5.41) is 0. The highest BCUT2D eigenvalue weighted by Gasteiger charge is 2.08. The molecule has 0 aromatic carbocycles. The second kappa shape index (κ2) is 4.91. The van der Waals surface area contributed by atoms with Crippen molar-refractivity contribution in [1.82, 2.24) is 9.55 Å². The fraction of sp³-hybridized carbons (Fsp3) is 0.600. The van der Waals surface area contributed by atoms with Crippen molar-refractivity contribution in [3.63, 3.8) is 0 Å². The van der Waals surface area contributed by atoms with Gasteiger partial charge in [-0.25, -0.2) is 4.98 Å².